The Morgan fingerprint density at radius 2 is 1.92 bits per heavy atom. The highest BCUT2D eigenvalue weighted by Gasteiger charge is 1.84. The molecule has 0 unspecified atom stereocenters. The molecule has 0 aromatic heterocycles. The highest BCUT2D eigenvalue weighted by molar-refractivity contribution is 5.52. The third-order valence-corrected chi connectivity index (χ3v) is 1.72. The minimum Gasteiger partial charge on any atom is -0.103 e. The van der Waals surface area contributed by atoms with Gasteiger partial charge in [0, 0.05) is 0 Å². The Kier molecular flexibility index (Phi) is 3.77. The molecule has 0 aliphatic rings. The molecule has 0 spiro atoms. The molecule has 0 saturated heterocycles. The first-order valence-corrected chi connectivity index (χ1v) is 4.34. The topological polar surface area (TPSA) is 0 Å². The Labute approximate surface area is 79.9 Å². The van der Waals surface area contributed by atoms with Crippen molar-refractivity contribution in [3.63, 3.8) is 0 Å². The van der Waals surface area contributed by atoms with E-state index in [9.17, 15) is 0 Å². The lowest BCUT2D eigenvalue weighted by Crippen LogP contribution is -1.72. The Morgan fingerprint density at radius 1 is 1.23 bits per heavy atom. The van der Waals surface area contributed by atoms with E-state index < -0.39 is 0 Å². The van der Waals surface area contributed by atoms with E-state index in [1.54, 1.807) is 0 Å². The minimum absolute atomic E-state index is 0.851. The van der Waals surface area contributed by atoms with Gasteiger partial charge in [0.15, 0.2) is 0 Å². The van der Waals surface area contributed by atoms with Crippen molar-refractivity contribution in [3.8, 4) is 0 Å². The van der Waals surface area contributed by atoms with E-state index in [1.807, 2.05) is 30.4 Å². The first-order valence-electron chi connectivity index (χ1n) is 4.34. The molecule has 0 amide bonds. The predicted molar refractivity (Wildman–Crippen MR) is 59.4 cm³/mol. The summed E-state index contributed by atoms with van der Waals surface area (Å²) in [5.74, 6) is 0. The molecule has 1 rings (SSSR count). The van der Waals surface area contributed by atoms with Crippen LogP contribution >= 0.6 is 0 Å². The maximum Gasteiger partial charge on any atom is -0.0106 e. The summed E-state index contributed by atoms with van der Waals surface area (Å²) < 4.78 is 0. The molecular formula is C13H14. The summed E-state index contributed by atoms with van der Waals surface area (Å²) in [5, 5.41) is 0. The molecule has 0 radical (unpaired) electrons. The molecule has 13 heavy (non-hydrogen) atoms. The second-order valence-electron chi connectivity index (χ2n) is 2.90. The van der Waals surface area contributed by atoms with Gasteiger partial charge in [-0.15, -0.1) is 6.58 Å². The summed E-state index contributed by atoms with van der Waals surface area (Å²) in [6.45, 7) is 7.56. The van der Waals surface area contributed by atoms with Gasteiger partial charge < -0.3 is 0 Å². The molecule has 1 aromatic carbocycles. The van der Waals surface area contributed by atoms with E-state index in [-0.39, 0.29) is 0 Å². The standard InChI is InChI=1S/C13H14/c1-3-7-12(2)10-11-13-8-5-4-6-9-13/h3-6,8-11H,1-2,7H2/b11-10+. The smallest absolute Gasteiger partial charge is 0.0106 e. The van der Waals surface area contributed by atoms with E-state index >= 15 is 0 Å². The van der Waals surface area contributed by atoms with Crippen molar-refractivity contribution in [2.24, 2.45) is 0 Å². The monoisotopic (exact) mass is 170 g/mol. The predicted octanol–water partition coefficient (Wildman–Crippen LogP) is 3.83. The van der Waals surface area contributed by atoms with E-state index in [0.717, 1.165) is 12.0 Å². The third kappa shape index (κ3) is 3.57. The quantitative estimate of drug-likeness (QED) is 0.476. The van der Waals surface area contributed by atoms with Crippen molar-refractivity contribution in [3.05, 3.63) is 66.8 Å². The van der Waals surface area contributed by atoms with Gasteiger partial charge in [0.25, 0.3) is 0 Å². The minimum atomic E-state index is 0.851. The summed E-state index contributed by atoms with van der Waals surface area (Å²) in [4.78, 5) is 0. The van der Waals surface area contributed by atoms with Crippen LogP contribution in [0.1, 0.15) is 12.0 Å². The maximum absolute atomic E-state index is 3.90. The van der Waals surface area contributed by atoms with Crippen molar-refractivity contribution in [1.29, 1.82) is 0 Å². The Morgan fingerprint density at radius 3 is 2.54 bits per heavy atom. The lowest BCUT2D eigenvalue weighted by molar-refractivity contribution is 1.31. The Hall–Kier alpha value is -1.56. The molecule has 0 N–H and O–H groups in total. The molecule has 0 atom stereocenters. The summed E-state index contributed by atoms with van der Waals surface area (Å²) in [6, 6.07) is 10.2. The SMILES string of the molecule is C=CCC(=C)/C=C/c1ccccc1. The molecule has 0 saturated carbocycles. The number of allylic oxidation sites excluding steroid dienone is 3. The number of hydrogen-bond donors (Lipinski definition) is 0. The first kappa shape index (κ1) is 9.53. The average molecular weight is 170 g/mol. The van der Waals surface area contributed by atoms with E-state index in [1.165, 1.54) is 5.56 Å². The van der Waals surface area contributed by atoms with Crippen LogP contribution in [0.5, 0.6) is 0 Å². The second-order valence-corrected chi connectivity index (χ2v) is 2.90. The number of rotatable bonds is 4. The van der Waals surface area contributed by atoms with Crippen LogP contribution in [0, 0.1) is 0 Å². The number of benzene rings is 1. The molecule has 0 nitrogen and oxygen atoms in total. The average Bonchev–Trinajstić information content (AvgIpc) is 2.17. The van der Waals surface area contributed by atoms with Gasteiger partial charge in [-0.1, -0.05) is 60.7 Å². The van der Waals surface area contributed by atoms with Crippen molar-refractivity contribution < 1.29 is 0 Å². The normalized spacial score (nSPS) is 10.2. The van der Waals surface area contributed by atoms with Crippen LogP contribution in [-0.2, 0) is 0 Å². The van der Waals surface area contributed by atoms with Crippen LogP contribution in [0.3, 0.4) is 0 Å². The highest BCUT2D eigenvalue weighted by Crippen LogP contribution is 2.06. The number of hydrogen-bond acceptors (Lipinski definition) is 0. The summed E-state index contributed by atoms with van der Waals surface area (Å²) in [7, 11) is 0. The summed E-state index contributed by atoms with van der Waals surface area (Å²) in [5.41, 5.74) is 2.28. The molecule has 66 valence electrons. The van der Waals surface area contributed by atoms with Crippen LogP contribution in [0.4, 0.5) is 0 Å². The van der Waals surface area contributed by atoms with Gasteiger partial charge in [-0.25, -0.2) is 0 Å². The largest absolute Gasteiger partial charge is 0.103 e. The van der Waals surface area contributed by atoms with E-state index in [2.05, 4.69) is 31.4 Å². The zero-order valence-corrected chi connectivity index (χ0v) is 7.74. The highest BCUT2D eigenvalue weighted by atomic mass is 13.9. The lowest BCUT2D eigenvalue weighted by atomic mass is 10.1. The van der Waals surface area contributed by atoms with Crippen molar-refractivity contribution in [2.45, 2.75) is 6.42 Å². The van der Waals surface area contributed by atoms with Crippen molar-refractivity contribution in [1.82, 2.24) is 0 Å². The van der Waals surface area contributed by atoms with E-state index in [4.69, 9.17) is 0 Å². The van der Waals surface area contributed by atoms with Crippen LogP contribution in [-0.4, -0.2) is 0 Å². The van der Waals surface area contributed by atoms with Crippen molar-refractivity contribution in [2.75, 3.05) is 0 Å². The molecular weight excluding hydrogens is 156 g/mol. The third-order valence-electron chi connectivity index (χ3n) is 1.72. The van der Waals surface area contributed by atoms with Gasteiger partial charge in [0.05, 0.1) is 0 Å². The van der Waals surface area contributed by atoms with Gasteiger partial charge in [-0.05, 0) is 12.0 Å². The first-order chi connectivity index (χ1) is 6.33. The maximum atomic E-state index is 3.90. The van der Waals surface area contributed by atoms with Gasteiger partial charge in [0.2, 0.25) is 0 Å². The van der Waals surface area contributed by atoms with Crippen LogP contribution in [0.2, 0.25) is 0 Å². The molecule has 0 fully saturated rings. The van der Waals surface area contributed by atoms with E-state index in [0.29, 0.717) is 0 Å². The molecule has 0 heterocycles. The fourth-order valence-electron chi connectivity index (χ4n) is 1.03. The molecule has 1 aromatic rings. The van der Waals surface area contributed by atoms with Gasteiger partial charge >= 0.3 is 0 Å². The zero-order chi connectivity index (χ0) is 9.52. The van der Waals surface area contributed by atoms with Gasteiger partial charge in [-0.3, -0.25) is 0 Å². The fourth-order valence-corrected chi connectivity index (χ4v) is 1.03. The molecule has 0 aliphatic heterocycles. The van der Waals surface area contributed by atoms with Crippen LogP contribution in [0.15, 0.2) is 61.2 Å². The molecule has 0 heteroatoms. The molecule has 0 bridgehead atoms. The van der Waals surface area contributed by atoms with Crippen LogP contribution < -0.4 is 0 Å². The van der Waals surface area contributed by atoms with Crippen LogP contribution in [0.25, 0.3) is 6.08 Å². The second kappa shape index (κ2) is 5.15. The lowest BCUT2D eigenvalue weighted by Gasteiger charge is -1.93. The summed E-state index contributed by atoms with van der Waals surface area (Å²) >= 11 is 0. The Balaban J connectivity index is 2.58. The van der Waals surface area contributed by atoms with Crippen molar-refractivity contribution >= 4 is 6.08 Å². The van der Waals surface area contributed by atoms with Gasteiger partial charge in [0.1, 0.15) is 0 Å². The Bertz CT molecular complexity index is 304. The fraction of sp³-hybridized carbons (Fsp3) is 0.0769. The molecule has 0 aliphatic carbocycles. The van der Waals surface area contributed by atoms with Gasteiger partial charge in [-0.2, -0.15) is 0 Å². The zero-order valence-electron chi connectivity index (χ0n) is 7.74. The summed E-state index contributed by atoms with van der Waals surface area (Å²) in [6.07, 6.45) is 6.80.